The lowest BCUT2D eigenvalue weighted by molar-refractivity contribution is -0.384. The van der Waals surface area contributed by atoms with E-state index in [0.717, 1.165) is 28.0 Å². The standard InChI is InChI=1S/C42H48O9S/c1-3-52-42-39(46-26-31-20-12-6-13-21-31)38(35(28(2)48-42)44-24-29-16-8-4-9-17-29)51-41-37(45-25-30-18-10-5-11-19-30)34(43)36-33(49-41)27-47-40(50-36)32-22-14-7-15-23-32/h4-23,28,33-43H,3,24-27H2,1-2H3/t28-,33+,34-,35-,36+,37+,38+,39+,40?,41-,42-/m0/s1. The Labute approximate surface area is 310 Å². The van der Waals surface area contributed by atoms with Crippen LogP contribution in [-0.2, 0) is 57.7 Å². The first kappa shape index (κ1) is 37.2. The summed E-state index contributed by atoms with van der Waals surface area (Å²) in [5.41, 5.74) is 3.53. The molecule has 52 heavy (non-hydrogen) atoms. The van der Waals surface area contributed by atoms with Crippen molar-refractivity contribution in [2.45, 2.75) is 101 Å². The van der Waals surface area contributed by atoms with Gasteiger partial charge in [-0.2, -0.15) is 0 Å². The summed E-state index contributed by atoms with van der Waals surface area (Å²) in [5.74, 6) is 0.813. The number of ether oxygens (including phenoxy) is 8. The zero-order chi connectivity index (χ0) is 35.7. The Morgan fingerprint density at radius 3 is 1.71 bits per heavy atom. The molecule has 9 nitrogen and oxygen atoms in total. The average Bonchev–Trinajstić information content (AvgIpc) is 3.19. The van der Waals surface area contributed by atoms with Crippen LogP contribution in [0.4, 0.5) is 0 Å². The van der Waals surface area contributed by atoms with Gasteiger partial charge >= 0.3 is 0 Å². The Morgan fingerprint density at radius 1 is 0.635 bits per heavy atom. The minimum Gasteiger partial charge on any atom is -0.387 e. The summed E-state index contributed by atoms with van der Waals surface area (Å²) in [5, 5.41) is 12.1. The van der Waals surface area contributed by atoms with Gasteiger partial charge in [-0.05, 0) is 29.4 Å². The number of rotatable bonds is 14. The van der Waals surface area contributed by atoms with E-state index in [1.54, 1.807) is 11.8 Å². The highest BCUT2D eigenvalue weighted by atomic mass is 32.2. The third-order valence-corrected chi connectivity index (χ3v) is 10.6. The minimum absolute atomic E-state index is 0.201. The van der Waals surface area contributed by atoms with Crippen molar-refractivity contribution in [1.29, 1.82) is 0 Å². The number of hydrogen-bond acceptors (Lipinski definition) is 10. The molecule has 0 radical (unpaired) electrons. The zero-order valence-corrected chi connectivity index (χ0v) is 30.4. The summed E-state index contributed by atoms with van der Waals surface area (Å²) < 4.78 is 52.8. The molecule has 0 spiro atoms. The molecule has 0 aromatic heterocycles. The molecule has 3 heterocycles. The van der Waals surface area contributed by atoms with Crippen LogP contribution in [0.25, 0.3) is 0 Å². The van der Waals surface area contributed by atoms with Gasteiger partial charge in [0, 0.05) is 5.56 Å². The van der Waals surface area contributed by atoms with Crippen molar-refractivity contribution in [3.05, 3.63) is 144 Å². The summed E-state index contributed by atoms with van der Waals surface area (Å²) in [6.45, 7) is 5.25. The molecular formula is C42H48O9S. The Morgan fingerprint density at radius 2 is 1.15 bits per heavy atom. The van der Waals surface area contributed by atoms with Gasteiger partial charge in [-0.25, -0.2) is 0 Å². The fourth-order valence-electron chi connectivity index (χ4n) is 6.92. The summed E-state index contributed by atoms with van der Waals surface area (Å²) >= 11 is 1.66. The highest BCUT2D eigenvalue weighted by Gasteiger charge is 2.54. The van der Waals surface area contributed by atoms with Crippen molar-refractivity contribution >= 4 is 11.8 Å². The maximum Gasteiger partial charge on any atom is 0.187 e. The van der Waals surface area contributed by atoms with Crippen LogP contribution in [0.2, 0.25) is 0 Å². The molecule has 11 atom stereocenters. The van der Waals surface area contributed by atoms with Gasteiger partial charge < -0.3 is 43.0 Å². The van der Waals surface area contributed by atoms with Gasteiger partial charge in [0.15, 0.2) is 12.6 Å². The third-order valence-electron chi connectivity index (χ3n) is 9.59. The topological polar surface area (TPSA) is 94.1 Å². The average molecular weight is 729 g/mol. The highest BCUT2D eigenvalue weighted by molar-refractivity contribution is 7.99. The SMILES string of the molecule is CCS[C@@H]1O[C@@H](C)[C@H](OCc2ccccc2)[C@@H](O[C@@H]2O[C@@H]3COC(c4ccccc4)O[C@H]3[C@H](O)[C@H]2OCc2ccccc2)[C@H]1OCc1ccccc1. The largest absolute Gasteiger partial charge is 0.387 e. The van der Waals surface area contributed by atoms with Crippen LogP contribution < -0.4 is 0 Å². The maximum atomic E-state index is 12.1. The molecular weight excluding hydrogens is 681 g/mol. The molecule has 3 aliphatic rings. The first-order chi connectivity index (χ1) is 25.6. The second-order valence-electron chi connectivity index (χ2n) is 13.3. The Hall–Kier alpha value is -3.13. The van der Waals surface area contributed by atoms with Crippen LogP contribution in [-0.4, -0.2) is 78.0 Å². The lowest BCUT2D eigenvalue weighted by atomic mass is 9.96. The van der Waals surface area contributed by atoms with Crippen molar-refractivity contribution in [3.8, 4) is 0 Å². The fraction of sp³-hybridized carbons (Fsp3) is 0.429. The van der Waals surface area contributed by atoms with Crippen LogP contribution >= 0.6 is 11.8 Å². The second-order valence-corrected chi connectivity index (χ2v) is 14.6. The van der Waals surface area contributed by atoms with Crippen molar-refractivity contribution in [1.82, 2.24) is 0 Å². The molecule has 1 unspecified atom stereocenters. The van der Waals surface area contributed by atoms with E-state index in [9.17, 15) is 5.11 Å². The fourth-order valence-corrected chi connectivity index (χ4v) is 7.93. The van der Waals surface area contributed by atoms with E-state index in [0.29, 0.717) is 13.2 Å². The monoisotopic (exact) mass is 728 g/mol. The van der Waals surface area contributed by atoms with Gasteiger partial charge in [-0.1, -0.05) is 128 Å². The number of aliphatic hydroxyl groups excluding tert-OH is 1. The van der Waals surface area contributed by atoms with Crippen LogP contribution in [0.1, 0.15) is 42.4 Å². The van der Waals surface area contributed by atoms with Gasteiger partial charge in [0.25, 0.3) is 0 Å². The van der Waals surface area contributed by atoms with Crippen LogP contribution in [0.3, 0.4) is 0 Å². The predicted octanol–water partition coefficient (Wildman–Crippen LogP) is 6.83. The first-order valence-electron chi connectivity index (χ1n) is 18.1. The van der Waals surface area contributed by atoms with Gasteiger partial charge in [0.1, 0.15) is 48.2 Å². The van der Waals surface area contributed by atoms with E-state index in [1.807, 2.05) is 128 Å². The van der Waals surface area contributed by atoms with Gasteiger partial charge in [-0.15, -0.1) is 11.8 Å². The Kier molecular flexibility index (Phi) is 13.1. The quantitative estimate of drug-likeness (QED) is 0.149. The summed E-state index contributed by atoms with van der Waals surface area (Å²) in [7, 11) is 0. The van der Waals surface area contributed by atoms with Crippen molar-refractivity contribution < 1.29 is 43.0 Å². The van der Waals surface area contributed by atoms with E-state index in [1.165, 1.54) is 0 Å². The molecule has 3 saturated heterocycles. The van der Waals surface area contributed by atoms with E-state index in [4.69, 9.17) is 37.9 Å². The highest BCUT2D eigenvalue weighted by Crippen LogP contribution is 2.39. The molecule has 7 rings (SSSR count). The van der Waals surface area contributed by atoms with Gasteiger partial charge in [0.05, 0.1) is 32.5 Å². The number of aliphatic hydroxyl groups is 1. The van der Waals surface area contributed by atoms with Crippen LogP contribution in [0.15, 0.2) is 121 Å². The molecule has 0 amide bonds. The van der Waals surface area contributed by atoms with Crippen LogP contribution in [0.5, 0.6) is 0 Å². The normalized spacial score (nSPS) is 31.9. The molecule has 1 N–H and O–H groups in total. The third kappa shape index (κ3) is 9.14. The maximum absolute atomic E-state index is 12.1. The zero-order valence-electron chi connectivity index (χ0n) is 29.6. The number of benzene rings is 4. The molecule has 0 bridgehead atoms. The molecule has 0 aliphatic carbocycles. The minimum atomic E-state index is -1.09. The summed E-state index contributed by atoms with van der Waals surface area (Å²) in [6, 6.07) is 39.6. The van der Waals surface area contributed by atoms with Gasteiger partial charge in [-0.3, -0.25) is 0 Å². The van der Waals surface area contributed by atoms with Crippen molar-refractivity contribution in [2.24, 2.45) is 0 Å². The van der Waals surface area contributed by atoms with E-state index in [-0.39, 0.29) is 24.8 Å². The van der Waals surface area contributed by atoms with Crippen molar-refractivity contribution in [2.75, 3.05) is 12.4 Å². The molecule has 4 aromatic carbocycles. The lowest BCUT2D eigenvalue weighted by Crippen LogP contribution is -2.66. The molecule has 4 aromatic rings. The van der Waals surface area contributed by atoms with E-state index >= 15 is 0 Å². The molecule has 3 fully saturated rings. The number of hydrogen-bond donors (Lipinski definition) is 1. The van der Waals surface area contributed by atoms with Crippen LogP contribution in [0, 0.1) is 0 Å². The summed E-state index contributed by atoms with van der Waals surface area (Å²) in [4.78, 5) is 0. The summed E-state index contributed by atoms with van der Waals surface area (Å²) in [6.07, 6.45) is -7.05. The Balaban J connectivity index is 1.18. The smallest absolute Gasteiger partial charge is 0.187 e. The number of fused-ring (bicyclic) bond motifs is 1. The predicted molar refractivity (Wildman–Crippen MR) is 197 cm³/mol. The molecule has 3 aliphatic heterocycles. The van der Waals surface area contributed by atoms with E-state index in [2.05, 4.69) is 6.92 Å². The molecule has 10 heteroatoms. The molecule has 276 valence electrons. The van der Waals surface area contributed by atoms with Gasteiger partial charge in [0.2, 0.25) is 0 Å². The Bertz CT molecular complexity index is 1620. The van der Waals surface area contributed by atoms with E-state index < -0.39 is 55.3 Å². The molecule has 0 saturated carbocycles. The first-order valence-corrected chi connectivity index (χ1v) is 19.2. The second kappa shape index (κ2) is 18.3. The lowest BCUT2D eigenvalue weighted by Gasteiger charge is -2.50. The number of thioether (sulfide) groups is 1. The van der Waals surface area contributed by atoms with Crippen molar-refractivity contribution in [3.63, 3.8) is 0 Å².